The molecule has 1 aliphatic heterocycles. The lowest BCUT2D eigenvalue weighted by molar-refractivity contribution is -0.129. The highest BCUT2D eigenvalue weighted by Crippen LogP contribution is 2.44. The van der Waals surface area contributed by atoms with Crippen molar-refractivity contribution in [2.24, 2.45) is 5.92 Å². The summed E-state index contributed by atoms with van der Waals surface area (Å²) >= 11 is 1.70. The Bertz CT molecular complexity index is 577. The number of rotatable bonds is 3. The second-order valence-electron chi connectivity index (χ2n) is 4.66. The molecule has 2 atom stereocenters. The molecule has 1 aromatic carbocycles. The van der Waals surface area contributed by atoms with Gasteiger partial charge in [0.05, 0.1) is 19.1 Å². The topological polar surface area (TPSA) is 29.5 Å². The fraction of sp³-hybridized carbons (Fsp3) is 0.267. The van der Waals surface area contributed by atoms with Crippen molar-refractivity contribution in [3.63, 3.8) is 0 Å². The minimum atomic E-state index is 0.0563. The molecule has 1 fully saturated rings. The quantitative estimate of drug-likeness (QED) is 0.801. The van der Waals surface area contributed by atoms with Crippen molar-refractivity contribution in [1.82, 2.24) is 0 Å². The summed E-state index contributed by atoms with van der Waals surface area (Å²) in [7, 11) is 1.64. The van der Waals surface area contributed by atoms with Crippen LogP contribution in [0, 0.1) is 5.92 Å². The summed E-state index contributed by atoms with van der Waals surface area (Å²) in [4.78, 5) is 15.2. The van der Waals surface area contributed by atoms with E-state index in [0.717, 1.165) is 11.4 Å². The Labute approximate surface area is 116 Å². The molecule has 0 aliphatic carbocycles. The van der Waals surface area contributed by atoms with Crippen molar-refractivity contribution in [3.05, 3.63) is 46.7 Å². The third-order valence-corrected chi connectivity index (χ3v) is 4.51. The summed E-state index contributed by atoms with van der Waals surface area (Å²) < 4.78 is 5.15. The van der Waals surface area contributed by atoms with Crippen molar-refractivity contribution in [1.29, 1.82) is 0 Å². The molecule has 2 heterocycles. The van der Waals surface area contributed by atoms with E-state index < -0.39 is 0 Å². The maximum atomic E-state index is 12.1. The van der Waals surface area contributed by atoms with E-state index in [4.69, 9.17) is 4.74 Å². The highest BCUT2D eigenvalue weighted by Gasteiger charge is 2.46. The SMILES string of the molecule is COc1ccc(N2C(=O)C(C)C2c2cccs2)cc1. The van der Waals surface area contributed by atoms with E-state index in [1.807, 2.05) is 42.2 Å². The van der Waals surface area contributed by atoms with E-state index in [1.165, 1.54) is 4.88 Å². The molecule has 0 N–H and O–H groups in total. The first-order valence-electron chi connectivity index (χ1n) is 6.23. The third-order valence-electron chi connectivity index (χ3n) is 3.56. The number of amides is 1. The van der Waals surface area contributed by atoms with Crippen LogP contribution in [0.4, 0.5) is 5.69 Å². The molecule has 1 amide bonds. The van der Waals surface area contributed by atoms with Gasteiger partial charge in [-0.05, 0) is 35.7 Å². The number of methoxy groups -OCH3 is 1. The summed E-state index contributed by atoms with van der Waals surface area (Å²) in [6.45, 7) is 1.99. The summed E-state index contributed by atoms with van der Waals surface area (Å²) in [5.74, 6) is 1.04. The molecule has 0 bridgehead atoms. The first kappa shape index (κ1) is 12.2. The van der Waals surface area contributed by atoms with Gasteiger partial charge in [-0.1, -0.05) is 13.0 Å². The molecular weight excluding hydrogens is 258 g/mol. The van der Waals surface area contributed by atoms with Gasteiger partial charge >= 0.3 is 0 Å². The van der Waals surface area contributed by atoms with Gasteiger partial charge in [0, 0.05) is 10.6 Å². The zero-order valence-corrected chi connectivity index (χ0v) is 11.7. The van der Waals surface area contributed by atoms with Crippen LogP contribution in [0.3, 0.4) is 0 Å². The zero-order valence-electron chi connectivity index (χ0n) is 10.9. The minimum absolute atomic E-state index is 0.0563. The summed E-state index contributed by atoms with van der Waals surface area (Å²) in [6, 6.07) is 11.9. The Hall–Kier alpha value is -1.81. The second-order valence-corrected chi connectivity index (χ2v) is 5.63. The van der Waals surface area contributed by atoms with E-state index in [-0.39, 0.29) is 17.9 Å². The molecule has 0 radical (unpaired) electrons. The van der Waals surface area contributed by atoms with E-state index in [1.54, 1.807) is 18.4 Å². The fourth-order valence-corrected chi connectivity index (χ4v) is 3.42. The monoisotopic (exact) mass is 273 g/mol. The predicted octanol–water partition coefficient (Wildman–Crippen LogP) is 3.48. The van der Waals surface area contributed by atoms with E-state index in [9.17, 15) is 4.79 Å². The van der Waals surface area contributed by atoms with Gasteiger partial charge in [0.25, 0.3) is 0 Å². The average Bonchev–Trinajstić information content (AvgIpc) is 2.97. The van der Waals surface area contributed by atoms with Gasteiger partial charge < -0.3 is 9.64 Å². The largest absolute Gasteiger partial charge is 0.497 e. The number of hydrogen-bond donors (Lipinski definition) is 0. The van der Waals surface area contributed by atoms with Gasteiger partial charge in [-0.2, -0.15) is 0 Å². The van der Waals surface area contributed by atoms with Gasteiger partial charge in [0.1, 0.15) is 5.75 Å². The molecule has 0 saturated carbocycles. The number of ether oxygens (including phenoxy) is 1. The Morgan fingerprint density at radius 1 is 1.21 bits per heavy atom. The van der Waals surface area contributed by atoms with E-state index in [0.29, 0.717) is 0 Å². The van der Waals surface area contributed by atoms with Crippen LogP contribution in [-0.2, 0) is 4.79 Å². The molecule has 2 unspecified atom stereocenters. The van der Waals surface area contributed by atoms with Crippen LogP contribution in [0.5, 0.6) is 5.75 Å². The van der Waals surface area contributed by atoms with Crippen LogP contribution in [0.15, 0.2) is 41.8 Å². The number of β-lactam (4-membered cyclic amide) rings is 1. The second kappa shape index (κ2) is 4.70. The highest BCUT2D eigenvalue weighted by molar-refractivity contribution is 7.10. The van der Waals surface area contributed by atoms with E-state index >= 15 is 0 Å². The summed E-state index contributed by atoms with van der Waals surface area (Å²) in [5, 5.41) is 2.05. The lowest BCUT2D eigenvalue weighted by Crippen LogP contribution is -2.53. The summed E-state index contributed by atoms with van der Waals surface area (Å²) in [6.07, 6.45) is 0. The number of anilines is 1. The number of hydrogen-bond acceptors (Lipinski definition) is 3. The zero-order chi connectivity index (χ0) is 13.4. The Balaban J connectivity index is 1.91. The van der Waals surface area contributed by atoms with Gasteiger partial charge in [-0.25, -0.2) is 0 Å². The number of carbonyl (C=O) groups excluding carboxylic acids is 1. The Morgan fingerprint density at radius 3 is 2.53 bits per heavy atom. The van der Waals surface area contributed by atoms with Gasteiger partial charge in [-0.15, -0.1) is 11.3 Å². The number of carbonyl (C=O) groups is 1. The van der Waals surface area contributed by atoms with E-state index in [2.05, 4.69) is 11.4 Å². The van der Waals surface area contributed by atoms with Gasteiger partial charge in [0.15, 0.2) is 0 Å². The minimum Gasteiger partial charge on any atom is -0.497 e. The van der Waals surface area contributed by atoms with Crippen LogP contribution in [0.1, 0.15) is 17.8 Å². The Morgan fingerprint density at radius 2 is 1.95 bits per heavy atom. The average molecular weight is 273 g/mol. The van der Waals surface area contributed by atoms with Crippen molar-refractivity contribution in [2.75, 3.05) is 12.0 Å². The Kier molecular flexibility index (Phi) is 3.03. The first-order valence-corrected chi connectivity index (χ1v) is 7.11. The molecule has 3 nitrogen and oxygen atoms in total. The van der Waals surface area contributed by atoms with Crippen molar-refractivity contribution < 1.29 is 9.53 Å². The van der Waals surface area contributed by atoms with Crippen molar-refractivity contribution in [2.45, 2.75) is 13.0 Å². The maximum absolute atomic E-state index is 12.1. The molecule has 1 saturated heterocycles. The molecule has 98 valence electrons. The molecule has 3 rings (SSSR count). The van der Waals surface area contributed by atoms with Crippen LogP contribution in [0.25, 0.3) is 0 Å². The molecular formula is C15H15NO2S. The smallest absolute Gasteiger partial charge is 0.232 e. The lowest BCUT2D eigenvalue weighted by Gasteiger charge is -2.45. The normalized spacial score (nSPS) is 22.2. The number of benzene rings is 1. The van der Waals surface area contributed by atoms with Gasteiger partial charge in [-0.3, -0.25) is 4.79 Å². The number of thiophene rings is 1. The maximum Gasteiger partial charge on any atom is 0.232 e. The third kappa shape index (κ3) is 1.92. The van der Waals surface area contributed by atoms with Gasteiger partial charge in [0.2, 0.25) is 5.91 Å². The lowest BCUT2D eigenvalue weighted by atomic mass is 9.87. The standard InChI is InChI=1S/C15H15NO2S/c1-10-14(13-4-3-9-19-13)16(15(10)17)11-5-7-12(18-2)8-6-11/h3-10,14H,1-2H3. The predicted molar refractivity (Wildman–Crippen MR) is 76.7 cm³/mol. The van der Waals surface area contributed by atoms with Crippen LogP contribution in [0.2, 0.25) is 0 Å². The molecule has 19 heavy (non-hydrogen) atoms. The molecule has 1 aromatic heterocycles. The highest BCUT2D eigenvalue weighted by atomic mass is 32.1. The molecule has 0 spiro atoms. The van der Waals surface area contributed by atoms with Crippen LogP contribution in [-0.4, -0.2) is 13.0 Å². The summed E-state index contributed by atoms with van der Waals surface area (Å²) in [5.41, 5.74) is 0.933. The van der Waals surface area contributed by atoms with Crippen LogP contribution < -0.4 is 9.64 Å². The molecule has 2 aromatic rings. The van der Waals surface area contributed by atoms with Crippen LogP contribution >= 0.6 is 11.3 Å². The molecule has 1 aliphatic rings. The fourth-order valence-electron chi connectivity index (χ4n) is 2.50. The van der Waals surface area contributed by atoms with Crippen molar-refractivity contribution >= 4 is 22.9 Å². The first-order chi connectivity index (χ1) is 9.22. The number of nitrogens with zero attached hydrogens (tertiary/aromatic N) is 1. The molecule has 4 heteroatoms. The van der Waals surface area contributed by atoms with Crippen molar-refractivity contribution in [3.8, 4) is 5.75 Å².